The Labute approximate surface area is 96.5 Å². The summed E-state index contributed by atoms with van der Waals surface area (Å²) in [5.74, 6) is 0.938. The number of nitrogens with one attached hydrogen (secondary N) is 2. The molecule has 2 fully saturated rings. The predicted octanol–water partition coefficient (Wildman–Crippen LogP) is 0.170. The lowest BCUT2D eigenvalue weighted by Crippen LogP contribution is -2.35. The average molecular weight is 235 g/mol. The molecule has 0 saturated carbocycles. The van der Waals surface area contributed by atoms with E-state index in [1.165, 1.54) is 0 Å². The van der Waals surface area contributed by atoms with Crippen molar-refractivity contribution in [2.75, 3.05) is 32.8 Å². The Morgan fingerprint density at radius 3 is 2.93 bits per heavy atom. The van der Waals surface area contributed by atoms with Crippen molar-refractivity contribution in [2.45, 2.75) is 12.8 Å². The van der Waals surface area contributed by atoms with Gasteiger partial charge >= 0.3 is 0 Å². The summed E-state index contributed by atoms with van der Waals surface area (Å²) in [7, 11) is 0. The highest BCUT2D eigenvalue weighted by atomic mass is 35.5. The maximum atomic E-state index is 11.6. The van der Waals surface area contributed by atoms with Crippen LogP contribution in [0.25, 0.3) is 0 Å². The first-order valence-electron chi connectivity index (χ1n) is 5.42. The zero-order valence-electron chi connectivity index (χ0n) is 8.83. The van der Waals surface area contributed by atoms with Crippen LogP contribution in [0.1, 0.15) is 12.8 Å². The smallest absolute Gasteiger partial charge is 0.224 e. The topological polar surface area (TPSA) is 50.4 Å². The van der Waals surface area contributed by atoms with Crippen LogP contribution in [-0.4, -0.2) is 38.8 Å². The van der Waals surface area contributed by atoms with Gasteiger partial charge in [-0.05, 0) is 19.4 Å². The molecule has 15 heavy (non-hydrogen) atoms. The first-order chi connectivity index (χ1) is 6.86. The van der Waals surface area contributed by atoms with Gasteiger partial charge in [-0.3, -0.25) is 4.79 Å². The van der Waals surface area contributed by atoms with Gasteiger partial charge in [-0.25, -0.2) is 0 Å². The number of ether oxygens (including phenoxy) is 1. The van der Waals surface area contributed by atoms with E-state index < -0.39 is 0 Å². The molecule has 0 aromatic heterocycles. The monoisotopic (exact) mass is 234 g/mol. The molecule has 0 aromatic carbocycles. The van der Waals surface area contributed by atoms with Gasteiger partial charge < -0.3 is 15.4 Å². The molecular formula is C10H19ClN2O2. The zero-order valence-corrected chi connectivity index (χ0v) is 9.65. The number of rotatable bonds is 3. The van der Waals surface area contributed by atoms with Gasteiger partial charge in [0.2, 0.25) is 5.91 Å². The molecule has 0 spiro atoms. The minimum atomic E-state index is 0. The molecule has 2 aliphatic heterocycles. The van der Waals surface area contributed by atoms with Crippen molar-refractivity contribution in [1.82, 2.24) is 10.6 Å². The molecule has 0 radical (unpaired) electrons. The van der Waals surface area contributed by atoms with Crippen LogP contribution in [0.5, 0.6) is 0 Å². The molecule has 0 bridgehead atoms. The van der Waals surface area contributed by atoms with E-state index in [9.17, 15) is 4.79 Å². The first-order valence-corrected chi connectivity index (χ1v) is 5.42. The fourth-order valence-corrected chi connectivity index (χ4v) is 2.01. The van der Waals surface area contributed by atoms with Crippen molar-refractivity contribution in [1.29, 1.82) is 0 Å². The molecule has 1 amide bonds. The largest absolute Gasteiger partial charge is 0.381 e. The summed E-state index contributed by atoms with van der Waals surface area (Å²) < 4.78 is 5.25. The van der Waals surface area contributed by atoms with Crippen molar-refractivity contribution in [3.8, 4) is 0 Å². The molecule has 2 atom stereocenters. The molecular weight excluding hydrogens is 216 g/mol. The van der Waals surface area contributed by atoms with Crippen molar-refractivity contribution in [3.05, 3.63) is 0 Å². The van der Waals surface area contributed by atoms with Gasteiger partial charge in [0.1, 0.15) is 0 Å². The van der Waals surface area contributed by atoms with Crippen LogP contribution in [0.3, 0.4) is 0 Å². The molecule has 0 aliphatic carbocycles. The van der Waals surface area contributed by atoms with Gasteiger partial charge in [-0.1, -0.05) is 0 Å². The minimum Gasteiger partial charge on any atom is -0.381 e. The maximum absolute atomic E-state index is 11.6. The summed E-state index contributed by atoms with van der Waals surface area (Å²) in [5.41, 5.74) is 0. The van der Waals surface area contributed by atoms with Crippen LogP contribution in [0.4, 0.5) is 0 Å². The highest BCUT2D eigenvalue weighted by Gasteiger charge is 2.23. The first kappa shape index (κ1) is 12.7. The molecule has 1 unspecified atom stereocenters. The molecule has 2 saturated heterocycles. The second kappa shape index (κ2) is 6.30. The number of halogens is 1. The van der Waals surface area contributed by atoms with E-state index in [1.54, 1.807) is 0 Å². The van der Waals surface area contributed by atoms with E-state index in [2.05, 4.69) is 10.6 Å². The molecule has 88 valence electrons. The number of hydrogen-bond acceptors (Lipinski definition) is 3. The summed E-state index contributed by atoms with van der Waals surface area (Å²) in [5, 5.41) is 6.20. The van der Waals surface area contributed by atoms with E-state index in [4.69, 9.17) is 4.74 Å². The van der Waals surface area contributed by atoms with Crippen LogP contribution < -0.4 is 10.6 Å². The van der Waals surface area contributed by atoms with Gasteiger partial charge in [0.25, 0.3) is 0 Å². The Kier molecular flexibility index (Phi) is 5.36. The van der Waals surface area contributed by atoms with E-state index in [0.717, 1.165) is 45.7 Å². The van der Waals surface area contributed by atoms with Gasteiger partial charge in [0, 0.05) is 25.6 Å². The molecule has 2 heterocycles. The van der Waals surface area contributed by atoms with E-state index in [-0.39, 0.29) is 24.2 Å². The van der Waals surface area contributed by atoms with Crippen LogP contribution in [0, 0.1) is 11.8 Å². The van der Waals surface area contributed by atoms with Crippen molar-refractivity contribution >= 4 is 18.3 Å². The molecule has 2 N–H and O–H groups in total. The van der Waals surface area contributed by atoms with Gasteiger partial charge in [0.15, 0.2) is 0 Å². The summed E-state index contributed by atoms with van der Waals surface area (Å²) in [6.07, 6.45) is 2.07. The molecule has 0 aromatic rings. The van der Waals surface area contributed by atoms with Crippen LogP contribution in [0.15, 0.2) is 0 Å². The van der Waals surface area contributed by atoms with Crippen LogP contribution in [-0.2, 0) is 9.53 Å². The summed E-state index contributed by atoms with van der Waals surface area (Å²) in [4.78, 5) is 11.6. The normalized spacial score (nSPS) is 29.9. The Bertz CT molecular complexity index is 202. The summed E-state index contributed by atoms with van der Waals surface area (Å²) in [6, 6.07) is 0. The third-order valence-electron chi connectivity index (χ3n) is 3.02. The minimum absolute atomic E-state index is 0. The summed E-state index contributed by atoms with van der Waals surface area (Å²) in [6.45, 7) is 4.27. The standard InChI is InChI=1S/C10H18N2O2.ClH/c13-10(9-1-3-11-6-9)12-5-8-2-4-14-7-8;/h8-9,11H,1-7H2,(H,12,13);1H/t8?,9-;/m1./s1. The molecule has 2 rings (SSSR count). The van der Waals surface area contributed by atoms with E-state index >= 15 is 0 Å². The lowest BCUT2D eigenvalue weighted by molar-refractivity contribution is -0.124. The van der Waals surface area contributed by atoms with E-state index in [1.807, 2.05) is 0 Å². The third-order valence-corrected chi connectivity index (χ3v) is 3.02. The number of carbonyl (C=O) groups excluding carboxylic acids is 1. The highest BCUT2D eigenvalue weighted by Crippen LogP contribution is 2.12. The fraction of sp³-hybridized carbons (Fsp3) is 0.900. The van der Waals surface area contributed by atoms with Gasteiger partial charge in [-0.15, -0.1) is 12.4 Å². The molecule has 4 nitrogen and oxygen atoms in total. The van der Waals surface area contributed by atoms with Crippen LogP contribution >= 0.6 is 12.4 Å². The Balaban J connectivity index is 0.00000112. The predicted molar refractivity (Wildman–Crippen MR) is 60.2 cm³/mol. The van der Waals surface area contributed by atoms with Crippen LogP contribution in [0.2, 0.25) is 0 Å². The Morgan fingerprint density at radius 2 is 2.33 bits per heavy atom. The third kappa shape index (κ3) is 3.63. The van der Waals surface area contributed by atoms with Gasteiger partial charge in [0.05, 0.1) is 12.5 Å². The Morgan fingerprint density at radius 1 is 1.47 bits per heavy atom. The number of hydrogen-bond donors (Lipinski definition) is 2. The molecule has 5 heteroatoms. The van der Waals surface area contributed by atoms with Crippen molar-refractivity contribution < 1.29 is 9.53 Å². The average Bonchev–Trinajstić information content (AvgIpc) is 2.87. The second-order valence-electron chi connectivity index (χ2n) is 4.16. The number of carbonyl (C=O) groups is 1. The lowest BCUT2D eigenvalue weighted by atomic mass is 10.1. The van der Waals surface area contributed by atoms with E-state index in [0.29, 0.717) is 5.92 Å². The SMILES string of the molecule is Cl.O=C(NCC1CCOC1)[C@@H]1CCNC1. The Hall–Kier alpha value is -0.320. The molecule has 2 aliphatic rings. The summed E-state index contributed by atoms with van der Waals surface area (Å²) >= 11 is 0. The maximum Gasteiger partial charge on any atom is 0.224 e. The zero-order chi connectivity index (χ0) is 9.80. The van der Waals surface area contributed by atoms with Crippen molar-refractivity contribution in [2.24, 2.45) is 11.8 Å². The van der Waals surface area contributed by atoms with Gasteiger partial charge in [-0.2, -0.15) is 0 Å². The second-order valence-corrected chi connectivity index (χ2v) is 4.16. The fourth-order valence-electron chi connectivity index (χ4n) is 2.01. The highest BCUT2D eigenvalue weighted by molar-refractivity contribution is 5.85. The number of amides is 1. The quantitative estimate of drug-likeness (QED) is 0.732. The lowest BCUT2D eigenvalue weighted by Gasteiger charge is -2.12. The van der Waals surface area contributed by atoms with Crippen molar-refractivity contribution in [3.63, 3.8) is 0 Å².